The van der Waals surface area contributed by atoms with Crippen molar-refractivity contribution in [2.45, 2.75) is 17.6 Å². The van der Waals surface area contributed by atoms with Gasteiger partial charge in [-0.1, -0.05) is 41.9 Å². The maximum Gasteiger partial charge on any atom is 0.339 e. The largest absolute Gasteiger partial charge is 0.462 e. The lowest BCUT2D eigenvalue weighted by molar-refractivity contribution is -0.387. The van der Waals surface area contributed by atoms with Crippen LogP contribution in [-0.4, -0.2) is 25.9 Å². The van der Waals surface area contributed by atoms with Crippen molar-refractivity contribution < 1.29 is 22.9 Å². The van der Waals surface area contributed by atoms with Crippen molar-refractivity contribution in [3.63, 3.8) is 0 Å². The van der Waals surface area contributed by atoms with E-state index in [1.54, 1.807) is 30.3 Å². The Morgan fingerprint density at radius 3 is 2.44 bits per heavy atom. The van der Waals surface area contributed by atoms with Crippen LogP contribution in [-0.2, 0) is 20.3 Å². The van der Waals surface area contributed by atoms with E-state index in [9.17, 15) is 23.3 Å². The van der Waals surface area contributed by atoms with E-state index in [0.29, 0.717) is 5.56 Å². The predicted octanol–water partition coefficient (Wildman–Crippen LogP) is 3.40. The van der Waals surface area contributed by atoms with Gasteiger partial charge in [-0.25, -0.2) is 13.2 Å². The Labute approximate surface area is 149 Å². The van der Waals surface area contributed by atoms with Crippen LogP contribution in [0, 0.1) is 10.1 Å². The number of nitro groups is 1. The van der Waals surface area contributed by atoms with E-state index >= 15 is 0 Å². The normalized spacial score (nSPS) is 11.1. The summed E-state index contributed by atoms with van der Waals surface area (Å²) in [5, 5.41) is 11.2. The molecule has 9 heteroatoms. The summed E-state index contributed by atoms with van der Waals surface area (Å²) < 4.78 is 30.4. The zero-order chi connectivity index (χ0) is 18.6. The van der Waals surface area contributed by atoms with Gasteiger partial charge < -0.3 is 4.74 Å². The minimum absolute atomic E-state index is 0.0166. The highest BCUT2D eigenvalue weighted by atomic mass is 35.5. The average molecular weight is 384 g/mol. The molecular formula is C16H14ClNO6S. The Morgan fingerprint density at radius 2 is 1.88 bits per heavy atom. The number of halogens is 1. The fourth-order valence-corrected chi connectivity index (χ4v) is 4.19. The number of nitrogens with zero attached hydrogens (tertiary/aromatic N) is 1. The lowest BCUT2D eigenvalue weighted by Gasteiger charge is -2.11. The Kier molecular flexibility index (Phi) is 5.76. The van der Waals surface area contributed by atoms with Crippen molar-refractivity contribution in [2.75, 3.05) is 6.61 Å². The molecule has 2 rings (SSSR count). The molecule has 0 heterocycles. The molecule has 0 fully saturated rings. The van der Waals surface area contributed by atoms with Crippen LogP contribution in [0.1, 0.15) is 22.8 Å². The summed E-state index contributed by atoms with van der Waals surface area (Å²) in [5.41, 5.74) is -0.773. The molecule has 0 amide bonds. The standard InChI is InChI=1S/C16H14ClNO6S/c1-2-24-16(19)13-8-12(17)9-14(18(20)21)15(13)25(22,23)10-11-6-4-3-5-7-11/h3-9H,2,10H2,1H3. The molecule has 0 radical (unpaired) electrons. The summed E-state index contributed by atoms with van der Waals surface area (Å²) in [4.78, 5) is 21.9. The van der Waals surface area contributed by atoms with Gasteiger partial charge >= 0.3 is 5.97 Å². The predicted molar refractivity (Wildman–Crippen MR) is 91.4 cm³/mol. The van der Waals surface area contributed by atoms with Gasteiger partial charge in [0, 0.05) is 11.1 Å². The molecule has 0 aliphatic heterocycles. The van der Waals surface area contributed by atoms with Gasteiger partial charge in [0.15, 0.2) is 14.7 Å². The van der Waals surface area contributed by atoms with Crippen LogP contribution in [0.5, 0.6) is 0 Å². The number of ether oxygens (including phenoxy) is 1. The summed E-state index contributed by atoms with van der Waals surface area (Å²) in [6.07, 6.45) is 0. The number of esters is 1. The molecule has 0 saturated heterocycles. The van der Waals surface area contributed by atoms with E-state index < -0.39 is 42.6 Å². The van der Waals surface area contributed by atoms with E-state index in [1.165, 1.54) is 6.92 Å². The second-order valence-corrected chi connectivity index (χ2v) is 7.39. The van der Waals surface area contributed by atoms with E-state index in [1.807, 2.05) is 0 Å². The SMILES string of the molecule is CCOC(=O)c1cc(Cl)cc([N+](=O)[O-])c1S(=O)(=O)Cc1ccccc1. The molecule has 0 aliphatic carbocycles. The number of benzene rings is 2. The molecule has 7 nitrogen and oxygen atoms in total. The van der Waals surface area contributed by atoms with Gasteiger partial charge in [-0.3, -0.25) is 10.1 Å². The van der Waals surface area contributed by atoms with Crippen LogP contribution < -0.4 is 0 Å². The maximum absolute atomic E-state index is 12.8. The van der Waals surface area contributed by atoms with Crippen LogP contribution in [0.2, 0.25) is 5.02 Å². The molecule has 0 N–H and O–H groups in total. The average Bonchev–Trinajstić information content (AvgIpc) is 2.54. The number of hydrogen-bond acceptors (Lipinski definition) is 6. The number of hydrogen-bond donors (Lipinski definition) is 0. The van der Waals surface area contributed by atoms with Gasteiger partial charge in [-0.2, -0.15) is 0 Å². The molecule has 0 spiro atoms. The second kappa shape index (κ2) is 7.62. The van der Waals surface area contributed by atoms with Crippen molar-refractivity contribution in [1.29, 1.82) is 0 Å². The van der Waals surface area contributed by atoms with Gasteiger partial charge in [0.1, 0.15) is 0 Å². The lowest BCUT2D eigenvalue weighted by atomic mass is 10.2. The summed E-state index contributed by atoms with van der Waals surface area (Å²) in [6.45, 7) is 1.52. The van der Waals surface area contributed by atoms with Gasteiger partial charge in [0.05, 0.1) is 22.8 Å². The summed E-state index contributed by atoms with van der Waals surface area (Å²) in [7, 11) is -4.20. The molecule has 25 heavy (non-hydrogen) atoms. The Hall–Kier alpha value is -2.45. The van der Waals surface area contributed by atoms with Crippen LogP contribution in [0.15, 0.2) is 47.4 Å². The highest BCUT2D eigenvalue weighted by Gasteiger charge is 2.33. The van der Waals surface area contributed by atoms with Crippen molar-refractivity contribution >= 4 is 33.1 Å². The van der Waals surface area contributed by atoms with E-state index in [2.05, 4.69) is 0 Å². The van der Waals surface area contributed by atoms with Crippen LogP contribution in [0.4, 0.5) is 5.69 Å². The first-order valence-corrected chi connectivity index (χ1v) is 9.21. The van der Waals surface area contributed by atoms with Gasteiger partial charge in [0.2, 0.25) is 0 Å². The molecule has 0 aromatic heterocycles. The smallest absolute Gasteiger partial charge is 0.339 e. The molecule has 132 valence electrons. The van der Waals surface area contributed by atoms with Crippen molar-refractivity contribution in [2.24, 2.45) is 0 Å². The Balaban J connectivity index is 2.68. The van der Waals surface area contributed by atoms with Crippen molar-refractivity contribution in [1.82, 2.24) is 0 Å². The fourth-order valence-electron chi connectivity index (χ4n) is 2.27. The van der Waals surface area contributed by atoms with Gasteiger partial charge in [-0.15, -0.1) is 0 Å². The highest BCUT2D eigenvalue weighted by Crippen LogP contribution is 2.34. The number of sulfone groups is 1. The number of carbonyl (C=O) groups is 1. The van der Waals surface area contributed by atoms with Gasteiger partial charge in [-0.05, 0) is 18.6 Å². The number of nitro benzene ring substituents is 1. The van der Waals surface area contributed by atoms with Crippen LogP contribution in [0.25, 0.3) is 0 Å². The fraction of sp³-hybridized carbons (Fsp3) is 0.188. The van der Waals surface area contributed by atoms with Crippen LogP contribution in [0.3, 0.4) is 0 Å². The van der Waals surface area contributed by atoms with Crippen LogP contribution >= 0.6 is 11.6 Å². The first-order chi connectivity index (χ1) is 11.8. The second-order valence-electron chi connectivity index (χ2n) is 5.02. The third kappa shape index (κ3) is 4.34. The van der Waals surface area contributed by atoms with Crippen molar-refractivity contribution in [3.8, 4) is 0 Å². The summed E-state index contributed by atoms with van der Waals surface area (Å²) >= 11 is 5.81. The third-order valence-electron chi connectivity index (χ3n) is 3.24. The summed E-state index contributed by atoms with van der Waals surface area (Å²) in [6, 6.07) is 10.1. The first kappa shape index (κ1) is 18.9. The third-order valence-corrected chi connectivity index (χ3v) is 5.22. The minimum Gasteiger partial charge on any atom is -0.462 e. The first-order valence-electron chi connectivity index (χ1n) is 7.18. The maximum atomic E-state index is 12.8. The van der Waals surface area contributed by atoms with E-state index in [0.717, 1.165) is 12.1 Å². The summed E-state index contributed by atoms with van der Waals surface area (Å²) in [5.74, 6) is -1.48. The quantitative estimate of drug-likeness (QED) is 0.430. The molecule has 0 bridgehead atoms. The molecule has 0 unspecified atom stereocenters. The van der Waals surface area contributed by atoms with Gasteiger partial charge in [0.25, 0.3) is 5.69 Å². The minimum atomic E-state index is -4.20. The zero-order valence-corrected chi connectivity index (χ0v) is 14.7. The lowest BCUT2D eigenvalue weighted by Crippen LogP contribution is -2.16. The molecule has 2 aromatic carbocycles. The van der Waals surface area contributed by atoms with E-state index in [-0.39, 0.29) is 11.6 Å². The molecule has 2 aromatic rings. The number of rotatable bonds is 6. The van der Waals surface area contributed by atoms with Crippen molar-refractivity contribution in [3.05, 3.63) is 68.7 Å². The zero-order valence-electron chi connectivity index (χ0n) is 13.1. The molecule has 0 aliphatic rings. The molecular weight excluding hydrogens is 370 g/mol. The number of carbonyl (C=O) groups excluding carboxylic acids is 1. The Morgan fingerprint density at radius 1 is 1.24 bits per heavy atom. The molecule has 0 saturated carbocycles. The highest BCUT2D eigenvalue weighted by molar-refractivity contribution is 7.90. The topological polar surface area (TPSA) is 104 Å². The van der Waals surface area contributed by atoms with E-state index in [4.69, 9.17) is 16.3 Å². The molecule has 0 atom stereocenters. The monoisotopic (exact) mass is 383 g/mol. The Bertz CT molecular complexity index is 912.